The number of hydrogen-bond donors (Lipinski definition) is 1. The molecule has 1 aliphatic carbocycles. The van der Waals surface area contributed by atoms with Gasteiger partial charge < -0.3 is 14.9 Å². The van der Waals surface area contributed by atoms with Crippen LogP contribution < -0.4 is 0 Å². The van der Waals surface area contributed by atoms with Crippen LogP contribution in [-0.2, 0) is 4.79 Å². The monoisotopic (exact) mass is 268 g/mol. The number of rotatable bonds is 2. The molecule has 0 aromatic rings. The zero-order valence-electron chi connectivity index (χ0n) is 12.1. The maximum absolute atomic E-state index is 12.5. The lowest BCUT2D eigenvalue weighted by Crippen LogP contribution is -2.60. The molecule has 1 aliphatic heterocycles. The van der Waals surface area contributed by atoms with Crippen molar-refractivity contribution >= 4 is 12.0 Å². The topological polar surface area (TPSA) is 60.9 Å². The van der Waals surface area contributed by atoms with Gasteiger partial charge in [0.15, 0.2) is 0 Å². The van der Waals surface area contributed by atoms with E-state index in [1.165, 1.54) is 0 Å². The van der Waals surface area contributed by atoms with E-state index in [9.17, 15) is 14.7 Å². The Morgan fingerprint density at radius 1 is 1.26 bits per heavy atom. The first-order chi connectivity index (χ1) is 8.84. The molecule has 2 aliphatic rings. The molecule has 2 fully saturated rings. The second-order valence-corrected chi connectivity index (χ2v) is 6.50. The van der Waals surface area contributed by atoms with Gasteiger partial charge in [0.2, 0.25) is 0 Å². The van der Waals surface area contributed by atoms with Gasteiger partial charge in [0.1, 0.15) is 6.04 Å². The van der Waals surface area contributed by atoms with Crippen LogP contribution in [0.1, 0.15) is 46.0 Å². The Bertz CT molecular complexity index is 377. The van der Waals surface area contributed by atoms with Crippen molar-refractivity contribution in [2.75, 3.05) is 13.6 Å². The fourth-order valence-electron chi connectivity index (χ4n) is 3.20. The first-order valence-electron chi connectivity index (χ1n) is 7.11. The van der Waals surface area contributed by atoms with E-state index >= 15 is 0 Å². The van der Waals surface area contributed by atoms with Crippen LogP contribution in [0.15, 0.2) is 0 Å². The van der Waals surface area contributed by atoms with E-state index in [0.29, 0.717) is 12.6 Å². The van der Waals surface area contributed by atoms with Crippen LogP contribution >= 0.6 is 0 Å². The van der Waals surface area contributed by atoms with Crippen molar-refractivity contribution < 1.29 is 14.7 Å². The van der Waals surface area contributed by atoms with Gasteiger partial charge in [0.05, 0.1) is 0 Å². The van der Waals surface area contributed by atoms with Crippen LogP contribution in [-0.4, -0.2) is 52.6 Å². The molecule has 1 unspecified atom stereocenters. The lowest BCUT2D eigenvalue weighted by molar-refractivity contribution is -0.148. The summed E-state index contributed by atoms with van der Waals surface area (Å²) in [5, 5.41) is 9.47. The van der Waals surface area contributed by atoms with E-state index in [0.717, 1.165) is 32.1 Å². The summed E-state index contributed by atoms with van der Waals surface area (Å²) in [6.45, 7) is 4.43. The van der Waals surface area contributed by atoms with Crippen LogP contribution in [0, 0.1) is 5.41 Å². The summed E-state index contributed by atoms with van der Waals surface area (Å²) in [6, 6.07) is -0.534. The number of piperidine rings is 1. The number of amides is 2. The molecule has 1 N–H and O–H groups in total. The quantitative estimate of drug-likeness (QED) is 0.835. The third-order valence-electron chi connectivity index (χ3n) is 4.68. The number of aliphatic carboxylic acids is 1. The Kier molecular flexibility index (Phi) is 3.74. The molecule has 2 rings (SSSR count). The van der Waals surface area contributed by atoms with Gasteiger partial charge in [0.25, 0.3) is 0 Å². The molecule has 0 aromatic carbocycles. The standard InChI is InChI=1S/C14H24N2O3/c1-14(2)8-5-9-16(11(14)12(17)18)13(19)15(3)10-6-4-7-10/h10-11H,4-9H2,1-3H3,(H,17,18). The van der Waals surface area contributed by atoms with Crippen LogP contribution in [0.5, 0.6) is 0 Å². The minimum Gasteiger partial charge on any atom is -0.480 e. The normalized spacial score (nSPS) is 26.7. The van der Waals surface area contributed by atoms with Gasteiger partial charge in [-0.1, -0.05) is 13.8 Å². The van der Waals surface area contributed by atoms with Crippen molar-refractivity contribution in [3.63, 3.8) is 0 Å². The van der Waals surface area contributed by atoms with Crippen molar-refractivity contribution in [3.05, 3.63) is 0 Å². The third kappa shape index (κ3) is 2.55. The Labute approximate surface area is 114 Å². The largest absolute Gasteiger partial charge is 0.480 e. The fourth-order valence-corrected chi connectivity index (χ4v) is 3.20. The van der Waals surface area contributed by atoms with Crippen LogP contribution in [0.4, 0.5) is 4.79 Å². The molecule has 0 aromatic heterocycles. The summed E-state index contributed by atoms with van der Waals surface area (Å²) in [7, 11) is 1.80. The highest BCUT2D eigenvalue weighted by Gasteiger charge is 2.46. The molecular formula is C14H24N2O3. The molecule has 1 saturated carbocycles. The van der Waals surface area contributed by atoms with Crippen LogP contribution in [0.3, 0.4) is 0 Å². The van der Waals surface area contributed by atoms with E-state index in [-0.39, 0.29) is 11.4 Å². The van der Waals surface area contributed by atoms with Crippen LogP contribution in [0.25, 0.3) is 0 Å². The Morgan fingerprint density at radius 3 is 2.37 bits per heavy atom. The minimum absolute atomic E-state index is 0.120. The molecule has 108 valence electrons. The molecule has 5 heteroatoms. The molecule has 1 heterocycles. The predicted octanol–water partition coefficient (Wildman–Crippen LogP) is 2.17. The molecule has 0 bridgehead atoms. The summed E-state index contributed by atoms with van der Waals surface area (Å²) in [6.07, 6.45) is 4.96. The number of carbonyl (C=O) groups is 2. The molecule has 1 atom stereocenters. The summed E-state index contributed by atoms with van der Waals surface area (Å²) in [4.78, 5) is 27.4. The van der Waals surface area contributed by atoms with Crippen molar-refractivity contribution in [2.45, 2.75) is 58.0 Å². The van der Waals surface area contributed by atoms with Gasteiger partial charge >= 0.3 is 12.0 Å². The lowest BCUT2D eigenvalue weighted by atomic mass is 9.76. The predicted molar refractivity (Wildman–Crippen MR) is 71.9 cm³/mol. The molecule has 1 saturated heterocycles. The minimum atomic E-state index is -0.889. The van der Waals surface area contributed by atoms with Crippen molar-refractivity contribution in [3.8, 4) is 0 Å². The Morgan fingerprint density at radius 2 is 1.89 bits per heavy atom. The number of urea groups is 1. The third-order valence-corrected chi connectivity index (χ3v) is 4.68. The first kappa shape index (κ1) is 14.2. The van der Waals surface area contributed by atoms with Gasteiger partial charge in [-0.05, 0) is 37.5 Å². The maximum Gasteiger partial charge on any atom is 0.327 e. The lowest BCUT2D eigenvalue weighted by Gasteiger charge is -2.46. The highest BCUT2D eigenvalue weighted by atomic mass is 16.4. The van der Waals surface area contributed by atoms with Crippen molar-refractivity contribution in [2.24, 2.45) is 5.41 Å². The van der Waals surface area contributed by atoms with Gasteiger partial charge in [-0.15, -0.1) is 0 Å². The maximum atomic E-state index is 12.5. The smallest absolute Gasteiger partial charge is 0.327 e. The van der Waals surface area contributed by atoms with E-state index in [1.54, 1.807) is 16.8 Å². The average molecular weight is 268 g/mol. The van der Waals surface area contributed by atoms with Gasteiger partial charge in [-0.2, -0.15) is 0 Å². The Balaban J connectivity index is 2.15. The number of hydrogen-bond acceptors (Lipinski definition) is 2. The van der Waals surface area contributed by atoms with E-state index < -0.39 is 12.0 Å². The number of carboxylic acids is 1. The highest BCUT2D eigenvalue weighted by molar-refractivity contribution is 5.83. The SMILES string of the molecule is CN(C(=O)N1CCCC(C)(C)C1C(=O)O)C1CCC1. The Hall–Kier alpha value is -1.26. The van der Waals surface area contributed by atoms with E-state index in [2.05, 4.69) is 0 Å². The molecule has 0 spiro atoms. The molecule has 0 radical (unpaired) electrons. The van der Waals surface area contributed by atoms with Gasteiger partial charge in [-0.25, -0.2) is 9.59 Å². The fraction of sp³-hybridized carbons (Fsp3) is 0.857. The number of carboxylic acid groups (broad SMARTS) is 1. The molecular weight excluding hydrogens is 244 g/mol. The van der Waals surface area contributed by atoms with E-state index in [1.807, 2.05) is 13.8 Å². The molecule has 2 amide bonds. The second kappa shape index (κ2) is 5.02. The summed E-state index contributed by atoms with van der Waals surface area (Å²) in [5.74, 6) is -0.889. The number of likely N-dealkylation sites (tertiary alicyclic amines) is 1. The second-order valence-electron chi connectivity index (χ2n) is 6.50. The zero-order valence-corrected chi connectivity index (χ0v) is 12.1. The summed E-state index contributed by atoms with van der Waals surface area (Å²) < 4.78 is 0. The van der Waals surface area contributed by atoms with E-state index in [4.69, 9.17) is 0 Å². The highest BCUT2D eigenvalue weighted by Crippen LogP contribution is 2.36. The number of carbonyl (C=O) groups excluding carboxylic acids is 1. The number of nitrogens with zero attached hydrogens (tertiary/aromatic N) is 2. The van der Waals surface area contributed by atoms with Gasteiger partial charge in [-0.3, -0.25) is 0 Å². The zero-order chi connectivity index (χ0) is 14.2. The van der Waals surface area contributed by atoms with Crippen molar-refractivity contribution in [1.29, 1.82) is 0 Å². The average Bonchev–Trinajstić information content (AvgIpc) is 2.23. The van der Waals surface area contributed by atoms with Gasteiger partial charge in [0, 0.05) is 19.6 Å². The van der Waals surface area contributed by atoms with Crippen molar-refractivity contribution in [1.82, 2.24) is 9.80 Å². The molecule has 5 nitrogen and oxygen atoms in total. The first-order valence-corrected chi connectivity index (χ1v) is 7.11. The molecule has 19 heavy (non-hydrogen) atoms. The van der Waals surface area contributed by atoms with Crippen LogP contribution in [0.2, 0.25) is 0 Å². The summed E-state index contributed by atoms with van der Waals surface area (Å²) >= 11 is 0. The summed E-state index contributed by atoms with van der Waals surface area (Å²) in [5.41, 5.74) is -0.361.